The maximum absolute atomic E-state index is 12.9. The first-order valence-corrected chi connectivity index (χ1v) is 10.0. The van der Waals surface area contributed by atoms with E-state index in [9.17, 15) is 9.90 Å². The summed E-state index contributed by atoms with van der Waals surface area (Å²) < 4.78 is 10.7. The van der Waals surface area contributed by atoms with Crippen molar-refractivity contribution in [1.82, 2.24) is 14.7 Å². The molecule has 2 fully saturated rings. The van der Waals surface area contributed by atoms with Crippen molar-refractivity contribution in [3.05, 3.63) is 23.7 Å². The Hall–Kier alpha value is -1.41. The van der Waals surface area contributed by atoms with Gasteiger partial charge in [-0.05, 0) is 44.4 Å². The number of amides is 1. The molecule has 1 aromatic rings. The van der Waals surface area contributed by atoms with Crippen molar-refractivity contribution in [1.29, 1.82) is 0 Å². The molecule has 2 saturated heterocycles. The molecule has 2 atom stereocenters. The van der Waals surface area contributed by atoms with Gasteiger partial charge in [0.1, 0.15) is 12.4 Å². The van der Waals surface area contributed by atoms with Crippen LogP contribution in [-0.2, 0) is 11.3 Å². The molecule has 152 valence electrons. The number of carbonyl (C=O) groups excluding carboxylic acids is 1. The van der Waals surface area contributed by atoms with Crippen LogP contribution >= 0.6 is 0 Å². The fourth-order valence-electron chi connectivity index (χ4n) is 4.34. The number of rotatable bonds is 7. The van der Waals surface area contributed by atoms with Crippen LogP contribution in [-0.4, -0.2) is 91.8 Å². The van der Waals surface area contributed by atoms with Crippen LogP contribution in [0.5, 0.6) is 0 Å². The summed E-state index contributed by atoms with van der Waals surface area (Å²) in [5.41, 5.74) is 0. The minimum absolute atomic E-state index is 0.0387. The Morgan fingerprint density at radius 1 is 1.26 bits per heavy atom. The summed E-state index contributed by atoms with van der Waals surface area (Å²) in [4.78, 5) is 19.8. The molecule has 2 aliphatic rings. The van der Waals surface area contributed by atoms with Gasteiger partial charge in [0.15, 0.2) is 5.76 Å². The Morgan fingerprint density at radius 2 is 2.04 bits per heavy atom. The monoisotopic (exact) mass is 379 g/mol. The molecule has 1 amide bonds. The third-order valence-electron chi connectivity index (χ3n) is 5.88. The standard InChI is InChI=1S/C20H33N3O4/c1-21-9-11-22(12-10-21)18-7-8-23(14-16(18)4-3-13-24)20(25)19-6-5-17(27-19)15-26-2/h5-6,16,18,24H,3-4,7-15H2,1-2H3/t16-,18+/m0/s1. The van der Waals surface area contributed by atoms with Gasteiger partial charge in [-0.15, -0.1) is 0 Å². The first-order chi connectivity index (χ1) is 13.1. The number of aliphatic hydroxyl groups is 1. The summed E-state index contributed by atoms with van der Waals surface area (Å²) in [6.07, 6.45) is 2.72. The lowest BCUT2D eigenvalue weighted by Gasteiger charge is -2.46. The Bertz CT molecular complexity index is 598. The largest absolute Gasteiger partial charge is 0.453 e. The number of furan rings is 1. The van der Waals surface area contributed by atoms with Crippen molar-refractivity contribution < 1.29 is 19.1 Å². The lowest BCUT2D eigenvalue weighted by atomic mass is 9.86. The highest BCUT2D eigenvalue weighted by atomic mass is 16.5. The van der Waals surface area contributed by atoms with E-state index in [1.165, 1.54) is 0 Å². The van der Waals surface area contributed by atoms with Gasteiger partial charge in [0.05, 0.1) is 0 Å². The predicted molar refractivity (Wildman–Crippen MR) is 103 cm³/mol. The van der Waals surface area contributed by atoms with Crippen LogP contribution in [0.2, 0.25) is 0 Å². The molecule has 7 heteroatoms. The second kappa shape index (κ2) is 9.68. The Balaban J connectivity index is 1.64. The Kier molecular flexibility index (Phi) is 7.29. The summed E-state index contributed by atoms with van der Waals surface area (Å²) in [5, 5.41) is 9.31. The molecule has 7 nitrogen and oxygen atoms in total. The van der Waals surface area contributed by atoms with E-state index in [0.717, 1.165) is 58.5 Å². The maximum atomic E-state index is 12.9. The van der Waals surface area contributed by atoms with Crippen molar-refractivity contribution in [2.24, 2.45) is 5.92 Å². The molecular formula is C20H33N3O4. The number of likely N-dealkylation sites (tertiary alicyclic amines) is 1. The van der Waals surface area contributed by atoms with Gasteiger partial charge in [-0.25, -0.2) is 0 Å². The third-order valence-corrected chi connectivity index (χ3v) is 5.88. The topological polar surface area (TPSA) is 69.4 Å². The van der Waals surface area contributed by atoms with Gasteiger partial charge in [-0.3, -0.25) is 9.69 Å². The van der Waals surface area contributed by atoms with Crippen LogP contribution in [0.15, 0.2) is 16.5 Å². The van der Waals surface area contributed by atoms with Gasteiger partial charge < -0.3 is 24.1 Å². The summed E-state index contributed by atoms with van der Waals surface area (Å²) in [5.74, 6) is 1.42. The minimum atomic E-state index is -0.0387. The van der Waals surface area contributed by atoms with Crippen LogP contribution in [0.4, 0.5) is 0 Å². The van der Waals surface area contributed by atoms with Crippen molar-refractivity contribution in [3.63, 3.8) is 0 Å². The normalized spacial score (nSPS) is 25.1. The van der Waals surface area contributed by atoms with Crippen LogP contribution in [0.1, 0.15) is 35.6 Å². The fourth-order valence-corrected chi connectivity index (χ4v) is 4.34. The average Bonchev–Trinajstić information content (AvgIpc) is 3.15. The van der Waals surface area contributed by atoms with Crippen LogP contribution < -0.4 is 0 Å². The molecule has 0 bridgehead atoms. The number of methoxy groups -OCH3 is 1. The quantitative estimate of drug-likeness (QED) is 0.770. The highest BCUT2D eigenvalue weighted by Crippen LogP contribution is 2.28. The highest BCUT2D eigenvalue weighted by Gasteiger charge is 2.36. The predicted octanol–water partition coefficient (Wildman–Crippen LogP) is 1.28. The van der Waals surface area contributed by atoms with Crippen molar-refractivity contribution in [3.8, 4) is 0 Å². The molecular weight excluding hydrogens is 346 g/mol. The molecule has 1 aromatic heterocycles. The van der Waals surface area contributed by atoms with E-state index in [4.69, 9.17) is 9.15 Å². The van der Waals surface area contributed by atoms with E-state index < -0.39 is 0 Å². The zero-order valence-electron chi connectivity index (χ0n) is 16.6. The van der Waals surface area contributed by atoms with E-state index in [0.29, 0.717) is 30.1 Å². The van der Waals surface area contributed by atoms with Crippen molar-refractivity contribution in [2.45, 2.75) is 31.9 Å². The van der Waals surface area contributed by atoms with Gasteiger partial charge in [0.2, 0.25) is 0 Å². The van der Waals surface area contributed by atoms with Crippen LogP contribution in [0, 0.1) is 5.92 Å². The number of ether oxygens (including phenoxy) is 1. The first kappa shape index (κ1) is 20.3. The lowest BCUT2D eigenvalue weighted by Crippen LogP contribution is -2.56. The lowest BCUT2D eigenvalue weighted by molar-refractivity contribution is 0.0203. The smallest absolute Gasteiger partial charge is 0.289 e. The van der Waals surface area contributed by atoms with Gasteiger partial charge in [0.25, 0.3) is 5.91 Å². The number of piperidine rings is 1. The molecule has 0 unspecified atom stereocenters. The summed E-state index contributed by atoms with van der Waals surface area (Å²) >= 11 is 0. The molecule has 3 rings (SSSR count). The third kappa shape index (κ3) is 5.10. The second-order valence-corrected chi connectivity index (χ2v) is 7.77. The van der Waals surface area contributed by atoms with Crippen LogP contribution in [0.25, 0.3) is 0 Å². The van der Waals surface area contributed by atoms with Gasteiger partial charge in [-0.2, -0.15) is 0 Å². The number of aliphatic hydroxyl groups excluding tert-OH is 1. The fraction of sp³-hybridized carbons (Fsp3) is 0.750. The number of hydrogen-bond acceptors (Lipinski definition) is 6. The number of nitrogens with zero attached hydrogens (tertiary/aromatic N) is 3. The van der Waals surface area contributed by atoms with Crippen LogP contribution in [0.3, 0.4) is 0 Å². The van der Waals surface area contributed by atoms with E-state index in [1.807, 2.05) is 4.90 Å². The SMILES string of the molecule is COCc1ccc(C(=O)N2CC[C@@H](N3CCN(C)CC3)[C@@H](CCCO)C2)o1. The summed E-state index contributed by atoms with van der Waals surface area (Å²) in [6.45, 7) is 6.44. The minimum Gasteiger partial charge on any atom is -0.453 e. The van der Waals surface area contributed by atoms with Gasteiger partial charge in [-0.1, -0.05) is 0 Å². The average molecular weight is 380 g/mol. The number of piperazine rings is 1. The summed E-state index contributed by atoms with van der Waals surface area (Å²) in [6, 6.07) is 4.04. The number of hydrogen-bond donors (Lipinski definition) is 1. The maximum Gasteiger partial charge on any atom is 0.289 e. The molecule has 1 N–H and O–H groups in total. The van der Waals surface area contributed by atoms with E-state index in [1.54, 1.807) is 19.2 Å². The zero-order valence-corrected chi connectivity index (χ0v) is 16.6. The van der Waals surface area contributed by atoms with E-state index >= 15 is 0 Å². The zero-order chi connectivity index (χ0) is 19.2. The molecule has 0 spiro atoms. The van der Waals surface area contributed by atoms with Gasteiger partial charge >= 0.3 is 0 Å². The second-order valence-electron chi connectivity index (χ2n) is 7.77. The summed E-state index contributed by atoms with van der Waals surface area (Å²) in [7, 11) is 3.78. The first-order valence-electron chi connectivity index (χ1n) is 10.0. The molecule has 0 aromatic carbocycles. The molecule has 0 aliphatic carbocycles. The van der Waals surface area contributed by atoms with E-state index in [-0.39, 0.29) is 12.5 Å². The van der Waals surface area contributed by atoms with Gasteiger partial charge in [0, 0.05) is 59.0 Å². The molecule has 0 radical (unpaired) electrons. The Morgan fingerprint density at radius 3 is 2.74 bits per heavy atom. The van der Waals surface area contributed by atoms with Crippen molar-refractivity contribution >= 4 is 5.91 Å². The number of carbonyl (C=O) groups is 1. The van der Waals surface area contributed by atoms with Crippen molar-refractivity contribution in [2.75, 3.05) is 60.0 Å². The Labute approximate surface area is 161 Å². The van der Waals surface area contributed by atoms with E-state index in [2.05, 4.69) is 16.8 Å². The highest BCUT2D eigenvalue weighted by molar-refractivity contribution is 5.91. The molecule has 27 heavy (non-hydrogen) atoms. The number of likely N-dealkylation sites (N-methyl/N-ethyl adjacent to an activating group) is 1. The molecule has 3 heterocycles. The molecule has 0 saturated carbocycles. The molecule has 2 aliphatic heterocycles.